The predicted molar refractivity (Wildman–Crippen MR) is 66.0 cm³/mol. The molecule has 1 heterocycles. The van der Waals surface area contributed by atoms with Crippen molar-refractivity contribution in [1.29, 1.82) is 0 Å². The van der Waals surface area contributed by atoms with Crippen LogP contribution in [0.3, 0.4) is 0 Å². The Kier molecular flexibility index (Phi) is 2.50. The van der Waals surface area contributed by atoms with Crippen LogP contribution >= 0.6 is 0 Å². The minimum absolute atomic E-state index is 0.434. The Labute approximate surface area is 104 Å². The molecule has 0 aromatic heterocycles. The highest BCUT2D eigenvalue weighted by atomic mass is 16.5. The first-order valence-corrected chi connectivity index (χ1v) is 7.41. The van der Waals surface area contributed by atoms with Crippen molar-refractivity contribution in [3.63, 3.8) is 0 Å². The van der Waals surface area contributed by atoms with Crippen LogP contribution in [0.4, 0.5) is 0 Å². The fourth-order valence-electron chi connectivity index (χ4n) is 5.50. The number of rotatable bonds is 1. The SMILES string of the molecule is NN1CCOC(C2C3CC4CC(C3)CC2C4)C1. The van der Waals surface area contributed by atoms with Gasteiger partial charge in [-0.15, -0.1) is 0 Å². The summed E-state index contributed by atoms with van der Waals surface area (Å²) in [5, 5.41) is 1.97. The molecule has 0 aromatic rings. The maximum atomic E-state index is 6.05. The van der Waals surface area contributed by atoms with Crippen molar-refractivity contribution in [3.8, 4) is 0 Å². The van der Waals surface area contributed by atoms with E-state index in [1.54, 1.807) is 0 Å². The summed E-state index contributed by atoms with van der Waals surface area (Å²) in [4.78, 5) is 0. The number of nitrogens with zero attached hydrogens (tertiary/aromatic N) is 1. The van der Waals surface area contributed by atoms with Crippen LogP contribution in [0.5, 0.6) is 0 Å². The second-order valence-corrected chi connectivity index (χ2v) is 6.91. The molecule has 0 amide bonds. The second-order valence-electron chi connectivity index (χ2n) is 6.91. The molecular weight excluding hydrogens is 212 g/mol. The van der Waals surface area contributed by atoms with Gasteiger partial charge < -0.3 is 4.74 Å². The monoisotopic (exact) mass is 236 g/mol. The number of nitrogens with two attached hydrogens (primary N) is 1. The molecule has 0 spiro atoms. The van der Waals surface area contributed by atoms with Gasteiger partial charge in [0.05, 0.1) is 12.7 Å². The van der Waals surface area contributed by atoms with E-state index in [4.69, 9.17) is 10.6 Å². The first-order chi connectivity index (χ1) is 8.29. The van der Waals surface area contributed by atoms with Crippen molar-refractivity contribution >= 4 is 0 Å². The summed E-state index contributed by atoms with van der Waals surface area (Å²) in [6.07, 6.45) is 7.92. The van der Waals surface area contributed by atoms with Crippen molar-refractivity contribution in [3.05, 3.63) is 0 Å². The highest BCUT2D eigenvalue weighted by Gasteiger charge is 2.51. The predicted octanol–water partition coefficient (Wildman–Crippen LogP) is 1.63. The molecule has 1 atom stereocenters. The average Bonchev–Trinajstić information content (AvgIpc) is 2.27. The van der Waals surface area contributed by atoms with Gasteiger partial charge in [-0.05, 0) is 61.7 Å². The van der Waals surface area contributed by atoms with Crippen molar-refractivity contribution in [2.24, 2.45) is 35.4 Å². The molecule has 96 valence electrons. The van der Waals surface area contributed by atoms with Gasteiger partial charge in [0.2, 0.25) is 0 Å². The van der Waals surface area contributed by atoms with E-state index < -0.39 is 0 Å². The molecular formula is C14H24N2O. The molecule has 5 aliphatic rings. The lowest BCUT2D eigenvalue weighted by atomic mass is 9.51. The van der Waals surface area contributed by atoms with Crippen LogP contribution in [0, 0.1) is 29.6 Å². The maximum absolute atomic E-state index is 6.05. The average molecular weight is 236 g/mol. The van der Waals surface area contributed by atoms with E-state index in [1.165, 1.54) is 32.1 Å². The quantitative estimate of drug-likeness (QED) is 0.703. The molecule has 0 radical (unpaired) electrons. The van der Waals surface area contributed by atoms with Crippen LogP contribution in [0.2, 0.25) is 0 Å². The Morgan fingerprint density at radius 3 is 2.18 bits per heavy atom. The van der Waals surface area contributed by atoms with Crippen molar-refractivity contribution in [1.82, 2.24) is 5.01 Å². The largest absolute Gasteiger partial charge is 0.375 e. The number of hydrogen-bond acceptors (Lipinski definition) is 3. The Hall–Kier alpha value is -0.120. The molecule has 3 heteroatoms. The van der Waals surface area contributed by atoms with Crippen molar-refractivity contribution in [2.75, 3.05) is 19.7 Å². The summed E-state index contributed by atoms with van der Waals surface area (Å²) in [7, 11) is 0. The molecule has 4 bridgehead atoms. The zero-order valence-corrected chi connectivity index (χ0v) is 10.6. The van der Waals surface area contributed by atoms with Gasteiger partial charge in [-0.25, -0.2) is 5.01 Å². The first-order valence-electron chi connectivity index (χ1n) is 7.41. The van der Waals surface area contributed by atoms with Crippen LogP contribution in [0.25, 0.3) is 0 Å². The summed E-state index contributed by atoms with van der Waals surface area (Å²) in [6.45, 7) is 2.71. The van der Waals surface area contributed by atoms with Gasteiger partial charge in [0.1, 0.15) is 0 Å². The van der Waals surface area contributed by atoms with Crippen LogP contribution in [0.1, 0.15) is 32.1 Å². The zero-order valence-electron chi connectivity index (χ0n) is 10.6. The number of hydrazine groups is 1. The van der Waals surface area contributed by atoms with E-state index in [2.05, 4.69) is 0 Å². The van der Waals surface area contributed by atoms with E-state index >= 15 is 0 Å². The lowest BCUT2D eigenvalue weighted by Crippen LogP contribution is -2.56. The molecule has 2 N–H and O–H groups in total. The number of hydrogen-bond donors (Lipinski definition) is 1. The lowest BCUT2D eigenvalue weighted by Gasteiger charge is -2.57. The van der Waals surface area contributed by atoms with E-state index in [1.807, 2.05) is 5.01 Å². The maximum Gasteiger partial charge on any atom is 0.0750 e. The topological polar surface area (TPSA) is 38.5 Å². The van der Waals surface area contributed by atoms with Crippen molar-refractivity contribution < 1.29 is 4.74 Å². The summed E-state index contributed by atoms with van der Waals surface area (Å²) < 4.78 is 6.05. The molecule has 0 aromatic carbocycles. The normalized spacial score (nSPS) is 54.2. The van der Waals surface area contributed by atoms with E-state index in [-0.39, 0.29) is 0 Å². The van der Waals surface area contributed by atoms with Gasteiger partial charge in [-0.1, -0.05) is 0 Å². The van der Waals surface area contributed by atoms with E-state index in [0.717, 1.165) is 49.3 Å². The minimum Gasteiger partial charge on any atom is -0.375 e. The third-order valence-corrected chi connectivity index (χ3v) is 5.85. The van der Waals surface area contributed by atoms with Gasteiger partial charge >= 0.3 is 0 Å². The van der Waals surface area contributed by atoms with E-state index in [9.17, 15) is 0 Å². The molecule has 1 saturated heterocycles. The fraction of sp³-hybridized carbons (Fsp3) is 1.00. The zero-order chi connectivity index (χ0) is 11.4. The van der Waals surface area contributed by atoms with Crippen LogP contribution < -0.4 is 5.84 Å². The Morgan fingerprint density at radius 2 is 1.59 bits per heavy atom. The number of morpholine rings is 1. The highest BCUT2D eigenvalue weighted by molar-refractivity contribution is 5.01. The molecule has 3 nitrogen and oxygen atoms in total. The molecule has 17 heavy (non-hydrogen) atoms. The lowest BCUT2D eigenvalue weighted by molar-refractivity contribution is -0.138. The van der Waals surface area contributed by atoms with Crippen LogP contribution in [-0.4, -0.2) is 30.8 Å². The standard InChI is InChI=1S/C14H24N2O/c15-16-1-2-17-13(8-16)14-11-4-9-3-10(6-11)7-12(14)5-9/h9-14H,1-8,15H2. The molecule has 1 unspecified atom stereocenters. The van der Waals surface area contributed by atoms with Crippen LogP contribution in [-0.2, 0) is 4.74 Å². The van der Waals surface area contributed by atoms with Gasteiger partial charge in [0, 0.05) is 13.1 Å². The smallest absolute Gasteiger partial charge is 0.0750 e. The minimum atomic E-state index is 0.434. The Balaban J connectivity index is 1.53. The van der Waals surface area contributed by atoms with Gasteiger partial charge in [-0.2, -0.15) is 0 Å². The summed E-state index contributed by atoms with van der Waals surface area (Å²) in [5.41, 5.74) is 0. The summed E-state index contributed by atoms with van der Waals surface area (Å²) in [5.74, 6) is 10.8. The van der Waals surface area contributed by atoms with E-state index in [0.29, 0.717) is 6.10 Å². The molecule has 4 saturated carbocycles. The Morgan fingerprint density at radius 1 is 0.941 bits per heavy atom. The van der Waals surface area contributed by atoms with Gasteiger partial charge in [0.15, 0.2) is 0 Å². The van der Waals surface area contributed by atoms with Gasteiger partial charge in [-0.3, -0.25) is 5.84 Å². The van der Waals surface area contributed by atoms with Crippen LogP contribution in [0.15, 0.2) is 0 Å². The van der Waals surface area contributed by atoms with Crippen molar-refractivity contribution in [2.45, 2.75) is 38.2 Å². The Bertz CT molecular complexity index is 279. The van der Waals surface area contributed by atoms with Gasteiger partial charge in [0.25, 0.3) is 0 Å². The third kappa shape index (κ3) is 1.74. The summed E-state index contributed by atoms with van der Waals surface area (Å²) >= 11 is 0. The molecule has 1 aliphatic heterocycles. The highest BCUT2D eigenvalue weighted by Crippen LogP contribution is 2.57. The number of ether oxygens (including phenoxy) is 1. The third-order valence-electron chi connectivity index (χ3n) is 5.85. The summed E-state index contributed by atoms with van der Waals surface area (Å²) in [6, 6.07) is 0. The molecule has 4 aliphatic carbocycles. The fourth-order valence-corrected chi connectivity index (χ4v) is 5.50. The first kappa shape index (κ1) is 10.8. The second kappa shape index (κ2) is 3.94. The molecule has 5 fully saturated rings. The molecule has 5 rings (SSSR count).